The van der Waals surface area contributed by atoms with Crippen molar-refractivity contribution in [2.24, 2.45) is 0 Å². The summed E-state index contributed by atoms with van der Waals surface area (Å²) in [5.41, 5.74) is 1.41. The van der Waals surface area contributed by atoms with Gasteiger partial charge < -0.3 is 10.2 Å². The highest BCUT2D eigenvalue weighted by atomic mass is 35.5. The first-order chi connectivity index (χ1) is 13.4. The molecule has 9 heteroatoms. The normalized spacial score (nSPS) is 13.7. The van der Waals surface area contributed by atoms with E-state index in [1.807, 2.05) is 0 Å². The third kappa shape index (κ3) is 3.34. The molecule has 1 aromatic heterocycles. The van der Waals surface area contributed by atoms with E-state index < -0.39 is 17.5 Å². The van der Waals surface area contributed by atoms with Crippen molar-refractivity contribution in [1.29, 1.82) is 0 Å². The molecule has 1 aliphatic rings. The van der Waals surface area contributed by atoms with Crippen LogP contribution in [0.3, 0.4) is 0 Å². The van der Waals surface area contributed by atoms with Crippen molar-refractivity contribution < 1.29 is 18.4 Å². The molecule has 1 N–H and O–H groups in total. The molecule has 4 rings (SSSR count). The Labute approximate surface area is 163 Å². The molecule has 0 saturated carbocycles. The highest BCUT2D eigenvalue weighted by molar-refractivity contribution is 6.30. The van der Waals surface area contributed by atoms with E-state index in [4.69, 9.17) is 11.6 Å². The summed E-state index contributed by atoms with van der Waals surface area (Å²) in [7, 11) is 0. The molecule has 6 nitrogen and oxygen atoms in total. The number of nitrogens with zero attached hydrogens (tertiary/aromatic N) is 3. The minimum Gasteiger partial charge on any atom is -0.337 e. The summed E-state index contributed by atoms with van der Waals surface area (Å²) < 4.78 is 28.4. The molecule has 1 aliphatic heterocycles. The van der Waals surface area contributed by atoms with E-state index in [0.717, 1.165) is 12.1 Å². The van der Waals surface area contributed by atoms with E-state index in [2.05, 4.69) is 10.4 Å². The van der Waals surface area contributed by atoms with Gasteiger partial charge in [0.1, 0.15) is 6.54 Å². The lowest BCUT2D eigenvalue weighted by atomic mass is 10.1. The Hall–Kier alpha value is -3.26. The van der Waals surface area contributed by atoms with Crippen LogP contribution in [0.4, 0.5) is 8.78 Å². The van der Waals surface area contributed by atoms with Crippen molar-refractivity contribution >= 4 is 23.4 Å². The van der Waals surface area contributed by atoms with Crippen LogP contribution < -0.4 is 5.32 Å². The average Bonchev–Trinajstić information content (AvgIpc) is 3.30. The maximum absolute atomic E-state index is 13.8. The molecule has 1 saturated heterocycles. The summed E-state index contributed by atoms with van der Waals surface area (Å²) >= 11 is 6.07. The second kappa shape index (κ2) is 7.05. The maximum Gasteiger partial charge on any atom is 0.276 e. The molecule has 28 heavy (non-hydrogen) atoms. The van der Waals surface area contributed by atoms with Crippen molar-refractivity contribution in [3.8, 4) is 16.9 Å². The largest absolute Gasteiger partial charge is 0.337 e. The van der Waals surface area contributed by atoms with Crippen molar-refractivity contribution in [3.05, 3.63) is 70.9 Å². The lowest BCUT2D eigenvalue weighted by molar-refractivity contribution is -0.118. The van der Waals surface area contributed by atoms with Crippen LogP contribution >= 0.6 is 11.6 Å². The number of amides is 2. The lowest BCUT2D eigenvalue weighted by Gasteiger charge is -2.10. The Morgan fingerprint density at radius 2 is 1.93 bits per heavy atom. The average molecular weight is 403 g/mol. The summed E-state index contributed by atoms with van der Waals surface area (Å²) in [6.45, 7) is 0.0194. The van der Waals surface area contributed by atoms with Gasteiger partial charge in [0.05, 0.1) is 18.1 Å². The molecule has 0 unspecified atom stereocenters. The van der Waals surface area contributed by atoms with Crippen LogP contribution in [-0.4, -0.2) is 39.7 Å². The van der Waals surface area contributed by atoms with Crippen molar-refractivity contribution in [3.63, 3.8) is 0 Å². The van der Waals surface area contributed by atoms with E-state index >= 15 is 0 Å². The number of benzene rings is 2. The van der Waals surface area contributed by atoms with Crippen molar-refractivity contribution in [1.82, 2.24) is 20.0 Å². The first-order valence-corrected chi connectivity index (χ1v) is 8.67. The van der Waals surface area contributed by atoms with Gasteiger partial charge in [0, 0.05) is 16.7 Å². The van der Waals surface area contributed by atoms with Crippen LogP contribution in [0.5, 0.6) is 0 Å². The molecule has 2 heterocycles. The maximum atomic E-state index is 13.8. The van der Waals surface area contributed by atoms with E-state index in [-0.39, 0.29) is 30.5 Å². The number of halogens is 3. The molecule has 2 amide bonds. The van der Waals surface area contributed by atoms with Gasteiger partial charge in [0.15, 0.2) is 17.3 Å². The Kier molecular flexibility index (Phi) is 4.56. The molecule has 0 atom stereocenters. The lowest BCUT2D eigenvalue weighted by Crippen LogP contribution is -2.30. The van der Waals surface area contributed by atoms with E-state index in [1.165, 1.54) is 21.7 Å². The van der Waals surface area contributed by atoms with Gasteiger partial charge in [-0.05, 0) is 30.3 Å². The van der Waals surface area contributed by atoms with Crippen LogP contribution in [0.1, 0.15) is 10.5 Å². The standard InChI is InChI=1S/C19H13ClF2N4O2/c20-12-3-1-2-11(6-12)17-8-16(19(28)25-9-18(27)23-10-25)24-26(17)13-4-5-14(21)15(22)7-13/h1-8H,9-10H2,(H,23,27). The van der Waals surface area contributed by atoms with Gasteiger partial charge in [-0.2, -0.15) is 5.10 Å². The quantitative estimate of drug-likeness (QED) is 0.732. The predicted molar refractivity (Wildman–Crippen MR) is 98.0 cm³/mol. The van der Waals surface area contributed by atoms with Crippen molar-refractivity contribution in [2.75, 3.05) is 13.2 Å². The van der Waals surface area contributed by atoms with Gasteiger partial charge in [0.2, 0.25) is 5.91 Å². The summed E-state index contributed by atoms with van der Waals surface area (Å²) in [4.78, 5) is 25.4. The molecule has 0 radical (unpaired) electrons. The summed E-state index contributed by atoms with van der Waals surface area (Å²) in [5, 5.41) is 7.30. The highest BCUT2D eigenvalue weighted by Gasteiger charge is 2.27. The molecule has 0 bridgehead atoms. The van der Waals surface area contributed by atoms with Gasteiger partial charge >= 0.3 is 0 Å². The fourth-order valence-corrected chi connectivity index (χ4v) is 3.12. The second-order valence-corrected chi connectivity index (χ2v) is 6.63. The predicted octanol–water partition coefficient (Wildman–Crippen LogP) is 3.00. The Bertz CT molecular complexity index is 1100. The molecule has 2 aromatic carbocycles. The fourth-order valence-electron chi connectivity index (χ4n) is 2.93. The summed E-state index contributed by atoms with van der Waals surface area (Å²) in [6.07, 6.45) is 0. The summed E-state index contributed by atoms with van der Waals surface area (Å²) in [5.74, 6) is -2.74. The fraction of sp³-hybridized carbons (Fsp3) is 0.105. The van der Waals surface area contributed by atoms with Gasteiger partial charge in [0.25, 0.3) is 5.91 Å². The SMILES string of the molecule is O=C1CN(C(=O)c2cc(-c3cccc(Cl)c3)n(-c3ccc(F)c(F)c3)n2)CN1. The number of aromatic nitrogens is 2. The number of hydrogen-bond donors (Lipinski definition) is 1. The minimum absolute atomic E-state index is 0.0659. The molecule has 1 fully saturated rings. The topological polar surface area (TPSA) is 67.2 Å². The Balaban J connectivity index is 1.83. The van der Waals surface area contributed by atoms with Crippen LogP contribution in [0, 0.1) is 11.6 Å². The number of carbonyl (C=O) groups is 2. The van der Waals surface area contributed by atoms with E-state index in [9.17, 15) is 18.4 Å². The number of hydrogen-bond acceptors (Lipinski definition) is 3. The van der Waals surface area contributed by atoms with Crippen LogP contribution in [-0.2, 0) is 4.79 Å². The zero-order chi connectivity index (χ0) is 19.8. The minimum atomic E-state index is -1.03. The van der Waals surface area contributed by atoms with Crippen molar-refractivity contribution in [2.45, 2.75) is 0 Å². The first kappa shape index (κ1) is 18.1. The van der Waals surface area contributed by atoms with Gasteiger partial charge in [-0.1, -0.05) is 23.7 Å². The molecular weight excluding hydrogens is 390 g/mol. The molecular formula is C19H13ClF2N4O2. The Morgan fingerprint density at radius 1 is 1.11 bits per heavy atom. The molecule has 142 valence electrons. The van der Waals surface area contributed by atoms with Crippen LogP contribution in [0.2, 0.25) is 5.02 Å². The van der Waals surface area contributed by atoms with Gasteiger partial charge in [-0.15, -0.1) is 0 Å². The molecule has 0 aliphatic carbocycles. The smallest absolute Gasteiger partial charge is 0.276 e. The number of carbonyl (C=O) groups excluding carboxylic acids is 2. The van der Waals surface area contributed by atoms with Crippen LogP contribution in [0.15, 0.2) is 48.5 Å². The van der Waals surface area contributed by atoms with Crippen LogP contribution in [0.25, 0.3) is 16.9 Å². The first-order valence-electron chi connectivity index (χ1n) is 8.30. The molecule has 3 aromatic rings. The zero-order valence-electron chi connectivity index (χ0n) is 14.3. The number of nitrogens with one attached hydrogen (secondary N) is 1. The van der Waals surface area contributed by atoms with Gasteiger partial charge in [-0.3, -0.25) is 9.59 Å². The van der Waals surface area contributed by atoms with E-state index in [1.54, 1.807) is 24.3 Å². The second-order valence-electron chi connectivity index (χ2n) is 6.20. The zero-order valence-corrected chi connectivity index (χ0v) is 15.1. The third-order valence-corrected chi connectivity index (χ3v) is 4.52. The summed E-state index contributed by atoms with van der Waals surface area (Å²) in [6, 6.07) is 11.7. The molecule has 0 spiro atoms. The third-order valence-electron chi connectivity index (χ3n) is 4.29. The number of rotatable bonds is 3. The van der Waals surface area contributed by atoms with E-state index in [0.29, 0.717) is 16.3 Å². The highest BCUT2D eigenvalue weighted by Crippen LogP contribution is 2.27. The van der Waals surface area contributed by atoms with Gasteiger partial charge in [-0.25, -0.2) is 13.5 Å². The monoisotopic (exact) mass is 402 g/mol. The Morgan fingerprint density at radius 3 is 2.61 bits per heavy atom.